The Labute approximate surface area is 134 Å². The molecule has 0 bridgehead atoms. The molecule has 124 valence electrons. The molecule has 3 rings (SSSR count). The minimum absolute atomic E-state index is 0.418. The van der Waals surface area contributed by atoms with Crippen LogP contribution in [0.25, 0.3) is 0 Å². The smallest absolute Gasteiger partial charge is 0.216 e. The molecule has 1 aromatic heterocycles. The molecule has 5 heteroatoms. The van der Waals surface area contributed by atoms with Crippen LogP contribution >= 0.6 is 0 Å². The maximum Gasteiger partial charge on any atom is 0.216 e. The van der Waals surface area contributed by atoms with Crippen LogP contribution < -0.4 is 10.1 Å². The van der Waals surface area contributed by atoms with E-state index >= 15 is 0 Å². The fourth-order valence-electron chi connectivity index (χ4n) is 4.18. The monoisotopic (exact) mass is 306 g/mol. The molecule has 5 nitrogen and oxygen atoms in total. The molecule has 22 heavy (non-hydrogen) atoms. The van der Waals surface area contributed by atoms with E-state index in [2.05, 4.69) is 29.2 Å². The zero-order valence-electron chi connectivity index (χ0n) is 14.4. The van der Waals surface area contributed by atoms with E-state index in [1.165, 1.54) is 44.3 Å². The van der Waals surface area contributed by atoms with Crippen LogP contribution in [0, 0.1) is 0 Å². The molecule has 0 aromatic carbocycles. The van der Waals surface area contributed by atoms with Gasteiger partial charge in [-0.3, -0.25) is 4.90 Å². The Kier molecular flexibility index (Phi) is 4.73. The fourth-order valence-corrected chi connectivity index (χ4v) is 4.18. The van der Waals surface area contributed by atoms with Gasteiger partial charge in [0.05, 0.1) is 18.4 Å². The van der Waals surface area contributed by atoms with Crippen molar-refractivity contribution in [2.45, 2.75) is 64.1 Å². The number of piperidine rings is 1. The van der Waals surface area contributed by atoms with E-state index in [4.69, 9.17) is 4.74 Å². The normalized spacial score (nSPS) is 25.7. The van der Waals surface area contributed by atoms with Crippen LogP contribution in [0.2, 0.25) is 0 Å². The number of hydrogen-bond donors (Lipinski definition) is 1. The second-order valence-electron chi connectivity index (χ2n) is 7.03. The molecule has 1 N–H and O–H groups in total. The second kappa shape index (κ2) is 6.59. The lowest BCUT2D eigenvalue weighted by Crippen LogP contribution is -2.44. The van der Waals surface area contributed by atoms with Crippen molar-refractivity contribution in [2.24, 2.45) is 7.05 Å². The third-order valence-corrected chi connectivity index (χ3v) is 5.26. The van der Waals surface area contributed by atoms with Crippen LogP contribution in [-0.4, -0.2) is 47.0 Å². The van der Waals surface area contributed by atoms with Crippen LogP contribution in [0.4, 0.5) is 0 Å². The van der Waals surface area contributed by atoms with Crippen molar-refractivity contribution in [1.29, 1.82) is 0 Å². The third-order valence-electron chi connectivity index (χ3n) is 5.26. The van der Waals surface area contributed by atoms with Crippen molar-refractivity contribution in [2.75, 3.05) is 20.2 Å². The van der Waals surface area contributed by atoms with Gasteiger partial charge in [-0.25, -0.2) is 4.68 Å². The topological polar surface area (TPSA) is 42.3 Å². The van der Waals surface area contributed by atoms with Gasteiger partial charge in [0.1, 0.15) is 0 Å². The summed E-state index contributed by atoms with van der Waals surface area (Å²) in [4.78, 5) is 2.67. The quantitative estimate of drug-likeness (QED) is 0.906. The van der Waals surface area contributed by atoms with Gasteiger partial charge in [-0.2, -0.15) is 5.10 Å². The van der Waals surface area contributed by atoms with E-state index < -0.39 is 0 Å². The van der Waals surface area contributed by atoms with Crippen molar-refractivity contribution < 1.29 is 4.74 Å². The van der Waals surface area contributed by atoms with Gasteiger partial charge >= 0.3 is 0 Å². The molecule has 2 aliphatic heterocycles. The number of ether oxygens (including phenoxy) is 1. The van der Waals surface area contributed by atoms with Gasteiger partial charge in [0.15, 0.2) is 0 Å². The van der Waals surface area contributed by atoms with Crippen LogP contribution in [0.1, 0.15) is 56.7 Å². The molecule has 1 aromatic rings. The summed E-state index contributed by atoms with van der Waals surface area (Å²) < 4.78 is 7.45. The standard InChI is InChI=1S/C17H30N4O/c1-12(2)16-13(17(22-4)20(3)19-16)11-18-14-8-10-21-9-6-5-7-15(14)21/h12,14-15,18H,5-11H2,1-4H3/t14-,15+/m0/s1. The molecule has 2 fully saturated rings. The van der Waals surface area contributed by atoms with Crippen molar-refractivity contribution in [3.63, 3.8) is 0 Å². The van der Waals surface area contributed by atoms with Gasteiger partial charge in [0.2, 0.25) is 5.88 Å². The Morgan fingerprint density at radius 2 is 2.09 bits per heavy atom. The first-order valence-corrected chi connectivity index (χ1v) is 8.69. The van der Waals surface area contributed by atoms with Crippen LogP contribution in [-0.2, 0) is 13.6 Å². The molecule has 3 heterocycles. The zero-order valence-corrected chi connectivity index (χ0v) is 14.4. The maximum absolute atomic E-state index is 5.58. The largest absolute Gasteiger partial charge is 0.481 e. The van der Waals surface area contributed by atoms with E-state index in [1.807, 2.05) is 11.7 Å². The van der Waals surface area contributed by atoms with Crippen molar-refractivity contribution >= 4 is 0 Å². The summed E-state index contributed by atoms with van der Waals surface area (Å²) in [6.07, 6.45) is 5.37. The molecule has 2 atom stereocenters. The summed E-state index contributed by atoms with van der Waals surface area (Å²) in [6.45, 7) is 7.80. The molecule has 0 amide bonds. The minimum atomic E-state index is 0.418. The fraction of sp³-hybridized carbons (Fsp3) is 0.824. The summed E-state index contributed by atoms with van der Waals surface area (Å²) in [5.41, 5.74) is 2.39. The highest BCUT2D eigenvalue weighted by Gasteiger charge is 2.35. The Morgan fingerprint density at radius 3 is 2.82 bits per heavy atom. The Hall–Kier alpha value is -1.07. The van der Waals surface area contributed by atoms with Crippen molar-refractivity contribution in [3.8, 4) is 5.88 Å². The van der Waals surface area contributed by atoms with Crippen LogP contribution in [0.15, 0.2) is 0 Å². The number of rotatable bonds is 5. The second-order valence-corrected chi connectivity index (χ2v) is 7.03. The molecular formula is C17H30N4O. The Balaban J connectivity index is 1.71. The van der Waals surface area contributed by atoms with Crippen LogP contribution in [0.3, 0.4) is 0 Å². The summed E-state index contributed by atoms with van der Waals surface area (Å²) in [7, 11) is 3.70. The molecule has 2 aliphatic rings. The number of aryl methyl sites for hydroxylation is 1. The van der Waals surface area contributed by atoms with E-state index in [9.17, 15) is 0 Å². The molecule has 0 spiro atoms. The third kappa shape index (κ3) is 2.88. The highest BCUT2D eigenvalue weighted by atomic mass is 16.5. The number of aromatic nitrogens is 2. The SMILES string of the molecule is COc1c(CN[C@H]2CCN3CCCC[C@H]23)c(C(C)C)nn1C. The molecule has 2 saturated heterocycles. The predicted molar refractivity (Wildman–Crippen MR) is 88.3 cm³/mol. The van der Waals surface area contributed by atoms with Gasteiger partial charge < -0.3 is 10.1 Å². The molecule has 0 unspecified atom stereocenters. The van der Waals surface area contributed by atoms with Crippen molar-refractivity contribution in [1.82, 2.24) is 20.0 Å². The van der Waals surface area contributed by atoms with Gasteiger partial charge in [-0.05, 0) is 31.7 Å². The first-order valence-electron chi connectivity index (χ1n) is 8.69. The predicted octanol–water partition coefficient (Wildman–Crippen LogP) is 2.27. The van der Waals surface area contributed by atoms with Crippen LogP contribution in [0.5, 0.6) is 5.88 Å². The Morgan fingerprint density at radius 1 is 1.27 bits per heavy atom. The molecule has 0 radical (unpaired) electrons. The van der Waals surface area contributed by atoms with E-state index in [-0.39, 0.29) is 0 Å². The molecular weight excluding hydrogens is 276 g/mol. The average Bonchev–Trinajstić information content (AvgIpc) is 3.06. The first kappa shape index (κ1) is 15.8. The van der Waals surface area contributed by atoms with Gasteiger partial charge in [-0.1, -0.05) is 20.3 Å². The minimum Gasteiger partial charge on any atom is -0.481 e. The van der Waals surface area contributed by atoms with Gasteiger partial charge in [0, 0.05) is 32.2 Å². The summed E-state index contributed by atoms with van der Waals surface area (Å²) in [6, 6.07) is 1.35. The van der Waals surface area contributed by atoms with Gasteiger partial charge in [-0.15, -0.1) is 0 Å². The number of nitrogens with one attached hydrogen (secondary N) is 1. The van der Waals surface area contributed by atoms with E-state index in [0.717, 1.165) is 24.2 Å². The highest BCUT2D eigenvalue weighted by Crippen LogP contribution is 2.30. The highest BCUT2D eigenvalue weighted by molar-refractivity contribution is 5.33. The molecule has 0 saturated carbocycles. The lowest BCUT2D eigenvalue weighted by molar-refractivity contribution is 0.180. The lowest BCUT2D eigenvalue weighted by atomic mass is 9.98. The maximum atomic E-state index is 5.58. The number of nitrogens with zero attached hydrogens (tertiary/aromatic N) is 3. The van der Waals surface area contributed by atoms with Crippen molar-refractivity contribution in [3.05, 3.63) is 11.3 Å². The zero-order chi connectivity index (χ0) is 15.7. The first-order chi connectivity index (χ1) is 10.6. The average molecular weight is 306 g/mol. The summed E-state index contributed by atoms with van der Waals surface area (Å²) in [5, 5.41) is 8.45. The van der Waals surface area contributed by atoms with E-state index in [0.29, 0.717) is 12.0 Å². The Bertz CT molecular complexity index is 511. The number of fused-ring (bicyclic) bond motifs is 1. The van der Waals surface area contributed by atoms with Gasteiger partial charge in [0.25, 0.3) is 0 Å². The summed E-state index contributed by atoms with van der Waals surface area (Å²) >= 11 is 0. The number of methoxy groups -OCH3 is 1. The van der Waals surface area contributed by atoms with E-state index in [1.54, 1.807) is 7.11 Å². The number of hydrogen-bond acceptors (Lipinski definition) is 4. The lowest BCUT2D eigenvalue weighted by Gasteiger charge is -2.32. The summed E-state index contributed by atoms with van der Waals surface area (Å²) in [5.74, 6) is 1.32. The molecule has 0 aliphatic carbocycles.